The van der Waals surface area contributed by atoms with Gasteiger partial charge in [0.15, 0.2) is 0 Å². The number of amides is 1. The van der Waals surface area contributed by atoms with Crippen molar-refractivity contribution in [1.82, 2.24) is 4.90 Å². The molecule has 4 rings (SSSR count). The number of fused-ring (bicyclic) bond motifs is 1. The fourth-order valence-corrected chi connectivity index (χ4v) is 7.73. The van der Waals surface area contributed by atoms with Crippen molar-refractivity contribution in [3.8, 4) is 0 Å². The van der Waals surface area contributed by atoms with Gasteiger partial charge < -0.3 is 15.3 Å². The third-order valence-corrected chi connectivity index (χ3v) is 9.80. The minimum atomic E-state index is -3.76. The quantitative estimate of drug-likeness (QED) is 0.434. The average Bonchev–Trinajstić information content (AvgIpc) is 3.06. The second-order valence-electron chi connectivity index (χ2n) is 12.4. The summed E-state index contributed by atoms with van der Waals surface area (Å²) in [6.45, 7) is 12.6. The number of nitrogens with zero attached hydrogens (tertiary/aromatic N) is 2. The van der Waals surface area contributed by atoms with Crippen molar-refractivity contribution in [3.05, 3.63) is 59.9 Å². The van der Waals surface area contributed by atoms with Gasteiger partial charge in [-0.15, -0.1) is 0 Å². The first-order valence-corrected chi connectivity index (χ1v) is 16.4. The molecule has 2 aromatic rings. The largest absolute Gasteiger partial charge is 0.509 e. The van der Waals surface area contributed by atoms with E-state index < -0.39 is 28.8 Å². The number of carbonyl (C=O) groups excluding carboxylic acids is 1. The molecular weight excluding hydrogens is 535 g/mol. The molecule has 1 amide bonds. The Morgan fingerprint density at radius 2 is 1.72 bits per heavy atom. The highest BCUT2D eigenvalue weighted by Gasteiger charge is 2.48. The summed E-state index contributed by atoms with van der Waals surface area (Å²) in [4.78, 5) is 15.6. The summed E-state index contributed by atoms with van der Waals surface area (Å²) in [7, 11) is -7.33. The van der Waals surface area contributed by atoms with E-state index in [1.54, 1.807) is 47.4 Å². The Bertz CT molecular complexity index is 1520. The van der Waals surface area contributed by atoms with Gasteiger partial charge in [0.05, 0.1) is 23.3 Å². The number of rotatable bonds is 6. The standard InChI is InChI=1S/C28H37N4O5PS/c1-27(2,3)15-16-32-24(28(4,5)6)23(33)22(26(32)34)25-29-20-14-13-18(31-39(7,36)37)17-21(20)38(35,30-25)19-11-9-8-10-12-19/h8-14,17,24,31,33H,15-16H2,1-7H3,(H,29,30,35). The van der Waals surface area contributed by atoms with Crippen LogP contribution in [0.25, 0.3) is 0 Å². The summed E-state index contributed by atoms with van der Waals surface area (Å²) < 4.78 is 45.5. The van der Waals surface area contributed by atoms with Crippen molar-refractivity contribution in [2.24, 2.45) is 15.6 Å². The Balaban J connectivity index is 1.87. The lowest BCUT2D eigenvalue weighted by Gasteiger charge is -2.36. The fraction of sp³-hybridized carbons (Fsp3) is 0.429. The maximum absolute atomic E-state index is 14.7. The normalized spacial score (nSPS) is 21.9. The van der Waals surface area contributed by atoms with E-state index in [-0.39, 0.29) is 34.2 Å². The first-order valence-electron chi connectivity index (χ1n) is 12.8. The molecule has 2 aliphatic heterocycles. The molecule has 0 radical (unpaired) electrons. The second kappa shape index (κ2) is 9.82. The maximum Gasteiger partial charge on any atom is 0.261 e. The third-order valence-electron chi connectivity index (χ3n) is 6.69. The molecule has 210 valence electrons. The van der Waals surface area contributed by atoms with Crippen LogP contribution < -0.4 is 20.6 Å². The highest BCUT2D eigenvalue weighted by molar-refractivity contribution is 7.92. The van der Waals surface area contributed by atoms with Crippen molar-refractivity contribution < 1.29 is 22.9 Å². The predicted molar refractivity (Wildman–Crippen MR) is 158 cm³/mol. The zero-order chi connectivity index (χ0) is 29.0. The number of carbonyl (C=O) groups is 1. The molecule has 3 N–H and O–H groups in total. The smallest absolute Gasteiger partial charge is 0.261 e. The van der Waals surface area contributed by atoms with Gasteiger partial charge in [-0.2, -0.15) is 4.76 Å². The zero-order valence-corrected chi connectivity index (χ0v) is 25.2. The average molecular weight is 573 g/mol. The number of aliphatic hydroxyl groups excluding tert-OH is 1. The van der Waals surface area contributed by atoms with Crippen LogP contribution in [-0.4, -0.2) is 49.0 Å². The molecule has 0 bridgehead atoms. The summed E-state index contributed by atoms with van der Waals surface area (Å²) in [5.41, 5.74) is 0.167. The van der Waals surface area contributed by atoms with Crippen molar-refractivity contribution in [2.45, 2.75) is 54.0 Å². The molecule has 0 spiro atoms. The van der Waals surface area contributed by atoms with E-state index >= 15 is 0 Å². The topological polar surface area (TPSA) is 128 Å². The number of hydrogen-bond acceptors (Lipinski definition) is 6. The molecule has 0 saturated heterocycles. The molecule has 0 aromatic heterocycles. The van der Waals surface area contributed by atoms with E-state index in [2.05, 4.69) is 35.6 Å². The Kier molecular flexibility index (Phi) is 7.28. The van der Waals surface area contributed by atoms with Gasteiger partial charge in [-0.3, -0.25) is 14.1 Å². The molecule has 9 nitrogen and oxygen atoms in total. The number of hydrogen-bond donors (Lipinski definition) is 3. The molecule has 2 aromatic carbocycles. The summed E-state index contributed by atoms with van der Waals surface area (Å²) >= 11 is 0. The minimum absolute atomic E-state index is 0.00368. The van der Waals surface area contributed by atoms with E-state index in [0.29, 0.717) is 22.8 Å². The molecule has 2 atom stereocenters. The number of anilines is 2. The lowest BCUT2D eigenvalue weighted by Crippen LogP contribution is -2.45. The number of nitrogens with one attached hydrogen (secondary N) is 2. The summed E-state index contributed by atoms with van der Waals surface area (Å²) in [5.74, 6) is -0.444. The Hall–Kier alpha value is -3.10. The highest BCUT2D eigenvalue weighted by atomic mass is 32.2. The molecule has 2 unspecified atom stereocenters. The SMILES string of the molecule is CC(C)(C)CCN1C(=O)C(C2=NP(=O)(c3ccccc3)c3cc(NS(C)(=O)=O)ccc3N2)=C(O)C1C(C)(C)C. The number of sulfonamides is 1. The van der Waals surface area contributed by atoms with Crippen molar-refractivity contribution in [1.29, 1.82) is 0 Å². The van der Waals surface area contributed by atoms with E-state index in [9.17, 15) is 22.9 Å². The highest BCUT2D eigenvalue weighted by Crippen LogP contribution is 2.51. The summed E-state index contributed by atoms with van der Waals surface area (Å²) in [6.07, 6.45) is 1.77. The van der Waals surface area contributed by atoms with Crippen molar-refractivity contribution in [2.75, 3.05) is 22.8 Å². The van der Waals surface area contributed by atoms with Gasteiger partial charge in [0, 0.05) is 17.5 Å². The van der Waals surface area contributed by atoms with Crippen LogP contribution in [0.15, 0.2) is 64.6 Å². The maximum atomic E-state index is 14.7. The van der Waals surface area contributed by atoms with Crippen molar-refractivity contribution in [3.63, 3.8) is 0 Å². The molecule has 2 aliphatic rings. The lowest BCUT2D eigenvalue weighted by molar-refractivity contribution is -0.128. The molecule has 2 heterocycles. The second-order valence-corrected chi connectivity index (χ2v) is 16.5. The third kappa shape index (κ3) is 5.92. The zero-order valence-electron chi connectivity index (χ0n) is 23.4. The molecule has 0 saturated carbocycles. The van der Waals surface area contributed by atoms with E-state index in [1.807, 2.05) is 20.8 Å². The summed E-state index contributed by atoms with van der Waals surface area (Å²) in [6, 6.07) is 12.7. The van der Waals surface area contributed by atoms with Gasteiger partial charge in [0.2, 0.25) is 10.0 Å². The van der Waals surface area contributed by atoms with Gasteiger partial charge in [-0.05, 0) is 47.6 Å². The minimum Gasteiger partial charge on any atom is -0.509 e. The molecule has 11 heteroatoms. The monoisotopic (exact) mass is 572 g/mol. The van der Waals surface area contributed by atoms with Crippen LogP contribution in [0.4, 0.5) is 11.4 Å². The predicted octanol–water partition coefficient (Wildman–Crippen LogP) is 4.62. The van der Waals surface area contributed by atoms with Crippen LogP contribution in [-0.2, 0) is 19.4 Å². The van der Waals surface area contributed by atoms with Gasteiger partial charge in [0.1, 0.15) is 17.2 Å². The van der Waals surface area contributed by atoms with E-state index in [1.165, 1.54) is 6.07 Å². The molecule has 0 fully saturated rings. The van der Waals surface area contributed by atoms with Crippen LogP contribution in [0.5, 0.6) is 0 Å². The number of benzene rings is 2. The van der Waals surface area contributed by atoms with Gasteiger partial charge in [-0.1, -0.05) is 59.7 Å². The van der Waals surface area contributed by atoms with Crippen LogP contribution in [0, 0.1) is 10.8 Å². The van der Waals surface area contributed by atoms with Crippen LogP contribution >= 0.6 is 7.29 Å². The van der Waals surface area contributed by atoms with Gasteiger partial charge in [-0.25, -0.2) is 8.42 Å². The fourth-order valence-electron chi connectivity index (χ4n) is 4.89. The Labute approximate surface area is 230 Å². The van der Waals surface area contributed by atoms with Crippen LogP contribution in [0.1, 0.15) is 48.0 Å². The first kappa shape index (κ1) is 28.9. The van der Waals surface area contributed by atoms with Gasteiger partial charge >= 0.3 is 0 Å². The molecular formula is C28H37N4O5PS. The number of aliphatic hydroxyl groups is 1. The van der Waals surface area contributed by atoms with Crippen molar-refractivity contribution >= 4 is 51.0 Å². The molecule has 0 aliphatic carbocycles. The lowest BCUT2D eigenvalue weighted by atomic mass is 9.84. The van der Waals surface area contributed by atoms with E-state index in [4.69, 9.17) is 0 Å². The van der Waals surface area contributed by atoms with Crippen LogP contribution in [0.2, 0.25) is 0 Å². The number of amidine groups is 1. The van der Waals surface area contributed by atoms with Crippen LogP contribution in [0.3, 0.4) is 0 Å². The van der Waals surface area contributed by atoms with Gasteiger partial charge in [0.25, 0.3) is 13.2 Å². The molecule has 39 heavy (non-hydrogen) atoms. The van der Waals surface area contributed by atoms with E-state index in [0.717, 1.165) is 12.7 Å². The Morgan fingerprint density at radius 1 is 1.08 bits per heavy atom. The summed E-state index contributed by atoms with van der Waals surface area (Å²) in [5, 5.41) is 15.3. The first-order chi connectivity index (χ1) is 17.9. The Morgan fingerprint density at radius 3 is 2.28 bits per heavy atom.